The number of benzene rings is 1. The third kappa shape index (κ3) is 2.33. The largest absolute Gasteiger partial charge is 0.399 e. The fourth-order valence-corrected chi connectivity index (χ4v) is 1.90. The number of hydrogen-bond donors (Lipinski definition) is 1. The summed E-state index contributed by atoms with van der Waals surface area (Å²) in [5.74, 6) is 0. The minimum atomic E-state index is -0.0371. The highest BCUT2D eigenvalue weighted by Crippen LogP contribution is 2.08. The molecule has 0 fully saturated rings. The van der Waals surface area contributed by atoms with Gasteiger partial charge < -0.3 is 10.3 Å². The maximum atomic E-state index is 11.7. The lowest BCUT2D eigenvalue weighted by molar-refractivity contribution is 0.755. The smallest absolute Gasteiger partial charge is 0.265 e. The molecule has 0 aliphatic heterocycles. The first-order valence-electron chi connectivity index (χ1n) is 4.86. The molecule has 0 unspecified atom stereocenters. The van der Waals surface area contributed by atoms with Gasteiger partial charge in [-0.05, 0) is 45.8 Å². The summed E-state index contributed by atoms with van der Waals surface area (Å²) < 4.78 is 2.21. The molecule has 0 bridgehead atoms. The molecular formula is C12H11BrN2O. The second kappa shape index (κ2) is 4.53. The highest BCUT2D eigenvalue weighted by molar-refractivity contribution is 9.10. The minimum Gasteiger partial charge on any atom is -0.399 e. The lowest BCUT2D eigenvalue weighted by Gasteiger charge is -2.06. The van der Waals surface area contributed by atoms with Crippen molar-refractivity contribution in [2.24, 2.45) is 0 Å². The predicted octanol–water partition coefficient (Wildman–Crippen LogP) is 2.24. The number of nitrogens with zero attached hydrogens (tertiary/aromatic N) is 1. The van der Waals surface area contributed by atoms with Gasteiger partial charge in [-0.25, -0.2) is 0 Å². The van der Waals surface area contributed by atoms with E-state index in [-0.39, 0.29) is 5.56 Å². The monoisotopic (exact) mass is 278 g/mol. The van der Waals surface area contributed by atoms with Crippen molar-refractivity contribution in [3.63, 3.8) is 0 Å². The van der Waals surface area contributed by atoms with Gasteiger partial charge in [-0.3, -0.25) is 4.79 Å². The normalized spacial score (nSPS) is 10.3. The van der Waals surface area contributed by atoms with E-state index in [1.54, 1.807) is 16.8 Å². The molecule has 0 saturated carbocycles. The van der Waals surface area contributed by atoms with Gasteiger partial charge in [-0.2, -0.15) is 0 Å². The summed E-state index contributed by atoms with van der Waals surface area (Å²) in [5.41, 5.74) is 7.37. The fraction of sp³-hybridized carbons (Fsp3) is 0.0833. The molecule has 0 aliphatic rings. The van der Waals surface area contributed by atoms with E-state index in [0.29, 0.717) is 16.7 Å². The average Bonchev–Trinajstić information content (AvgIpc) is 2.25. The first-order chi connectivity index (χ1) is 7.66. The lowest BCUT2D eigenvalue weighted by Crippen LogP contribution is -2.20. The van der Waals surface area contributed by atoms with Crippen molar-refractivity contribution >= 4 is 21.6 Å². The van der Waals surface area contributed by atoms with Crippen molar-refractivity contribution in [2.45, 2.75) is 6.54 Å². The van der Waals surface area contributed by atoms with Crippen molar-refractivity contribution in [3.8, 4) is 0 Å². The Morgan fingerprint density at radius 3 is 2.81 bits per heavy atom. The second-order valence-corrected chi connectivity index (χ2v) is 4.39. The van der Waals surface area contributed by atoms with Crippen LogP contribution in [-0.2, 0) is 6.54 Å². The van der Waals surface area contributed by atoms with E-state index in [2.05, 4.69) is 15.9 Å². The summed E-state index contributed by atoms with van der Waals surface area (Å²) in [6.07, 6.45) is 1.76. The topological polar surface area (TPSA) is 48.0 Å². The van der Waals surface area contributed by atoms with Crippen molar-refractivity contribution in [1.82, 2.24) is 4.57 Å². The number of rotatable bonds is 2. The van der Waals surface area contributed by atoms with Gasteiger partial charge in [0, 0.05) is 11.9 Å². The van der Waals surface area contributed by atoms with Crippen LogP contribution < -0.4 is 11.3 Å². The molecule has 4 heteroatoms. The van der Waals surface area contributed by atoms with Crippen LogP contribution in [0, 0.1) is 0 Å². The first-order valence-corrected chi connectivity index (χ1v) is 5.65. The Morgan fingerprint density at radius 1 is 1.25 bits per heavy atom. The summed E-state index contributed by atoms with van der Waals surface area (Å²) in [6.45, 7) is 0.531. The molecule has 2 N–H and O–H groups in total. The van der Waals surface area contributed by atoms with E-state index in [1.807, 2.05) is 30.3 Å². The van der Waals surface area contributed by atoms with Gasteiger partial charge in [0.05, 0.1) is 11.0 Å². The molecule has 16 heavy (non-hydrogen) atoms. The molecule has 2 rings (SSSR count). The van der Waals surface area contributed by atoms with Crippen LogP contribution in [0.1, 0.15) is 5.56 Å². The summed E-state index contributed by atoms with van der Waals surface area (Å²) in [6, 6.07) is 11.1. The van der Waals surface area contributed by atoms with Crippen LogP contribution in [0.5, 0.6) is 0 Å². The molecule has 1 aromatic carbocycles. The molecule has 0 aliphatic carbocycles. The highest BCUT2D eigenvalue weighted by atomic mass is 79.9. The van der Waals surface area contributed by atoms with Crippen LogP contribution in [0.4, 0.5) is 5.69 Å². The zero-order valence-electron chi connectivity index (χ0n) is 8.56. The first kappa shape index (κ1) is 11.0. The third-order valence-corrected chi connectivity index (χ3v) is 2.88. The van der Waals surface area contributed by atoms with Crippen molar-refractivity contribution in [3.05, 3.63) is 63.0 Å². The predicted molar refractivity (Wildman–Crippen MR) is 68.4 cm³/mol. The van der Waals surface area contributed by atoms with Gasteiger partial charge in [0.2, 0.25) is 0 Å². The van der Waals surface area contributed by atoms with Gasteiger partial charge >= 0.3 is 0 Å². The standard InChI is InChI=1S/C12H11BrN2O/c13-11-5-2-6-15(12(11)16)8-9-3-1-4-10(14)7-9/h1-7H,8,14H2. The van der Waals surface area contributed by atoms with Crippen LogP contribution >= 0.6 is 15.9 Å². The van der Waals surface area contributed by atoms with Crippen molar-refractivity contribution < 1.29 is 0 Å². The number of anilines is 1. The fourth-order valence-electron chi connectivity index (χ4n) is 1.52. The molecule has 1 heterocycles. The Morgan fingerprint density at radius 2 is 2.06 bits per heavy atom. The van der Waals surface area contributed by atoms with Crippen LogP contribution in [-0.4, -0.2) is 4.57 Å². The zero-order valence-corrected chi connectivity index (χ0v) is 10.1. The van der Waals surface area contributed by atoms with Crippen LogP contribution in [0.2, 0.25) is 0 Å². The zero-order chi connectivity index (χ0) is 11.5. The van der Waals surface area contributed by atoms with E-state index in [1.165, 1.54) is 0 Å². The molecule has 0 saturated heterocycles. The highest BCUT2D eigenvalue weighted by Gasteiger charge is 2.00. The molecular weight excluding hydrogens is 268 g/mol. The van der Waals surface area contributed by atoms with Crippen LogP contribution in [0.25, 0.3) is 0 Å². The average molecular weight is 279 g/mol. The number of aromatic nitrogens is 1. The van der Waals surface area contributed by atoms with Crippen molar-refractivity contribution in [1.29, 1.82) is 0 Å². The summed E-state index contributed by atoms with van der Waals surface area (Å²) in [4.78, 5) is 11.7. The Hall–Kier alpha value is -1.55. The number of hydrogen-bond acceptors (Lipinski definition) is 2. The Balaban J connectivity index is 2.34. The Bertz CT molecular complexity index is 563. The SMILES string of the molecule is Nc1cccc(Cn2cccc(Br)c2=O)c1. The quantitative estimate of drug-likeness (QED) is 0.857. The molecule has 82 valence electrons. The number of nitrogens with two attached hydrogens (primary N) is 1. The number of nitrogen functional groups attached to an aromatic ring is 1. The van der Waals surface area contributed by atoms with Crippen LogP contribution in [0.3, 0.4) is 0 Å². The molecule has 0 radical (unpaired) electrons. The minimum absolute atomic E-state index is 0.0371. The Kier molecular flexibility index (Phi) is 3.10. The van der Waals surface area contributed by atoms with Crippen LogP contribution in [0.15, 0.2) is 51.9 Å². The summed E-state index contributed by atoms with van der Waals surface area (Å²) in [7, 11) is 0. The summed E-state index contributed by atoms with van der Waals surface area (Å²) in [5, 5.41) is 0. The molecule has 3 nitrogen and oxygen atoms in total. The van der Waals surface area contributed by atoms with Gasteiger partial charge in [-0.15, -0.1) is 0 Å². The maximum absolute atomic E-state index is 11.7. The van der Waals surface area contributed by atoms with E-state index >= 15 is 0 Å². The number of pyridine rings is 1. The van der Waals surface area contributed by atoms with Gasteiger partial charge in [0.1, 0.15) is 0 Å². The molecule has 2 aromatic rings. The molecule has 0 atom stereocenters. The van der Waals surface area contributed by atoms with Gasteiger partial charge in [-0.1, -0.05) is 12.1 Å². The summed E-state index contributed by atoms with van der Waals surface area (Å²) >= 11 is 3.22. The van der Waals surface area contributed by atoms with Gasteiger partial charge in [0.25, 0.3) is 5.56 Å². The second-order valence-electron chi connectivity index (χ2n) is 3.53. The van der Waals surface area contributed by atoms with E-state index in [0.717, 1.165) is 5.56 Å². The van der Waals surface area contributed by atoms with E-state index < -0.39 is 0 Å². The van der Waals surface area contributed by atoms with E-state index in [9.17, 15) is 4.79 Å². The van der Waals surface area contributed by atoms with Crippen molar-refractivity contribution in [2.75, 3.05) is 5.73 Å². The molecule has 0 amide bonds. The number of halogens is 1. The Labute approximate surface area is 102 Å². The van der Waals surface area contributed by atoms with Gasteiger partial charge in [0.15, 0.2) is 0 Å². The molecule has 1 aromatic heterocycles. The maximum Gasteiger partial charge on any atom is 0.265 e. The third-order valence-electron chi connectivity index (χ3n) is 2.28. The van der Waals surface area contributed by atoms with E-state index in [4.69, 9.17) is 5.73 Å². The lowest BCUT2D eigenvalue weighted by atomic mass is 10.2. The molecule has 0 spiro atoms.